The van der Waals surface area contributed by atoms with E-state index in [1.807, 2.05) is 55.5 Å². The van der Waals surface area contributed by atoms with Gasteiger partial charge in [0.05, 0.1) is 6.21 Å². The van der Waals surface area contributed by atoms with Crippen molar-refractivity contribution in [2.75, 3.05) is 5.32 Å². The summed E-state index contributed by atoms with van der Waals surface area (Å²) in [7, 11) is 0. The van der Waals surface area contributed by atoms with Crippen molar-refractivity contribution in [3.05, 3.63) is 65.2 Å². The zero-order valence-corrected chi connectivity index (χ0v) is 12.4. The summed E-state index contributed by atoms with van der Waals surface area (Å²) in [5.41, 5.74) is 7.19. The highest BCUT2D eigenvalue weighted by Gasteiger charge is 1.95. The maximum Gasteiger partial charge on any atom is 0.191 e. The summed E-state index contributed by atoms with van der Waals surface area (Å²) in [4.78, 5) is 0. The standard InChI is InChI=1S/C16H17N3S/c1-12-6-8-14(9-7-12)11-17-19-16(20)18-15-5-3-4-13(2)10-15/h3-11H,1-2H3,(H2,18,19,20)/b17-11-. The Labute approximate surface area is 124 Å². The van der Waals surface area contributed by atoms with Gasteiger partial charge in [0.15, 0.2) is 5.11 Å². The van der Waals surface area contributed by atoms with Crippen LogP contribution in [-0.2, 0) is 0 Å². The Hall–Kier alpha value is -2.20. The third kappa shape index (κ3) is 4.48. The summed E-state index contributed by atoms with van der Waals surface area (Å²) in [6.07, 6.45) is 1.74. The number of hydrogen-bond acceptors (Lipinski definition) is 2. The van der Waals surface area contributed by atoms with E-state index < -0.39 is 0 Å². The first kappa shape index (κ1) is 14.2. The van der Waals surface area contributed by atoms with E-state index in [4.69, 9.17) is 12.2 Å². The average Bonchev–Trinajstić information content (AvgIpc) is 2.41. The first-order valence-electron chi connectivity index (χ1n) is 6.37. The van der Waals surface area contributed by atoms with E-state index in [0.29, 0.717) is 5.11 Å². The molecule has 0 amide bonds. The Bertz CT molecular complexity index is 618. The molecule has 0 aliphatic rings. The molecule has 20 heavy (non-hydrogen) atoms. The molecule has 4 heteroatoms. The Kier molecular flexibility index (Phi) is 4.85. The van der Waals surface area contributed by atoms with Crippen molar-refractivity contribution in [3.8, 4) is 0 Å². The molecule has 2 N–H and O–H groups in total. The number of benzene rings is 2. The highest BCUT2D eigenvalue weighted by atomic mass is 32.1. The van der Waals surface area contributed by atoms with Crippen molar-refractivity contribution in [3.63, 3.8) is 0 Å². The maximum atomic E-state index is 5.18. The van der Waals surface area contributed by atoms with Gasteiger partial charge in [-0.25, -0.2) is 0 Å². The number of thiocarbonyl (C=S) groups is 1. The smallest absolute Gasteiger partial charge is 0.191 e. The van der Waals surface area contributed by atoms with Crippen LogP contribution in [0.3, 0.4) is 0 Å². The number of nitrogens with one attached hydrogen (secondary N) is 2. The van der Waals surface area contributed by atoms with Gasteiger partial charge in [-0.05, 0) is 49.3 Å². The molecule has 3 nitrogen and oxygen atoms in total. The summed E-state index contributed by atoms with van der Waals surface area (Å²) in [6.45, 7) is 4.09. The lowest BCUT2D eigenvalue weighted by molar-refractivity contribution is 1.05. The molecule has 102 valence electrons. The van der Waals surface area contributed by atoms with Crippen LogP contribution in [0.25, 0.3) is 0 Å². The molecule has 0 atom stereocenters. The fourth-order valence-corrected chi connectivity index (χ4v) is 1.87. The molecule has 0 bridgehead atoms. The zero-order chi connectivity index (χ0) is 14.4. The number of hydrogen-bond donors (Lipinski definition) is 2. The predicted molar refractivity (Wildman–Crippen MR) is 89.3 cm³/mol. The zero-order valence-electron chi connectivity index (χ0n) is 11.6. The largest absolute Gasteiger partial charge is 0.331 e. The number of aryl methyl sites for hydroxylation is 2. The van der Waals surface area contributed by atoms with Gasteiger partial charge in [-0.1, -0.05) is 42.0 Å². The van der Waals surface area contributed by atoms with Crippen LogP contribution in [-0.4, -0.2) is 11.3 Å². The first-order chi connectivity index (χ1) is 9.63. The van der Waals surface area contributed by atoms with Crippen LogP contribution in [0.4, 0.5) is 5.69 Å². The predicted octanol–water partition coefficient (Wildman–Crippen LogP) is 3.62. The molecule has 0 saturated heterocycles. The minimum atomic E-state index is 0.471. The van der Waals surface area contributed by atoms with Gasteiger partial charge >= 0.3 is 0 Å². The second-order valence-corrected chi connectivity index (χ2v) is 5.01. The van der Waals surface area contributed by atoms with E-state index in [9.17, 15) is 0 Å². The molecule has 0 aliphatic carbocycles. The lowest BCUT2D eigenvalue weighted by Gasteiger charge is -2.07. The van der Waals surface area contributed by atoms with Crippen LogP contribution < -0.4 is 10.7 Å². The molecule has 0 heterocycles. The van der Waals surface area contributed by atoms with E-state index in [2.05, 4.69) is 22.8 Å². The highest BCUT2D eigenvalue weighted by molar-refractivity contribution is 7.80. The normalized spacial score (nSPS) is 10.5. The third-order valence-electron chi connectivity index (χ3n) is 2.73. The summed E-state index contributed by atoms with van der Waals surface area (Å²) in [5.74, 6) is 0. The Morgan fingerprint density at radius 2 is 1.80 bits per heavy atom. The molecule has 0 saturated carbocycles. The molecule has 2 aromatic carbocycles. The van der Waals surface area contributed by atoms with Gasteiger partial charge in [0.1, 0.15) is 0 Å². The topological polar surface area (TPSA) is 36.4 Å². The lowest BCUT2D eigenvalue weighted by atomic mass is 10.2. The number of nitrogens with zero attached hydrogens (tertiary/aromatic N) is 1. The van der Waals surface area contributed by atoms with Crippen LogP contribution in [0.5, 0.6) is 0 Å². The minimum absolute atomic E-state index is 0.471. The minimum Gasteiger partial charge on any atom is -0.331 e. The van der Waals surface area contributed by atoms with Crippen LogP contribution in [0.2, 0.25) is 0 Å². The average molecular weight is 283 g/mol. The lowest BCUT2D eigenvalue weighted by Crippen LogP contribution is -2.23. The highest BCUT2D eigenvalue weighted by Crippen LogP contribution is 2.09. The quantitative estimate of drug-likeness (QED) is 0.513. The third-order valence-corrected chi connectivity index (χ3v) is 2.93. The molecule has 0 aromatic heterocycles. The van der Waals surface area contributed by atoms with Crippen LogP contribution >= 0.6 is 12.2 Å². The van der Waals surface area contributed by atoms with E-state index >= 15 is 0 Å². The Morgan fingerprint density at radius 1 is 1.05 bits per heavy atom. The molecule has 0 spiro atoms. The number of anilines is 1. The van der Waals surface area contributed by atoms with Gasteiger partial charge in [0, 0.05) is 5.69 Å². The first-order valence-corrected chi connectivity index (χ1v) is 6.78. The fourth-order valence-electron chi connectivity index (χ4n) is 1.70. The van der Waals surface area contributed by atoms with Crippen molar-refractivity contribution in [1.82, 2.24) is 5.43 Å². The summed E-state index contributed by atoms with van der Waals surface area (Å²) in [5, 5.41) is 7.67. The van der Waals surface area contributed by atoms with Gasteiger partial charge in [-0.15, -0.1) is 0 Å². The SMILES string of the molecule is Cc1ccc(/C=N\NC(=S)Nc2cccc(C)c2)cc1. The van der Waals surface area contributed by atoms with Gasteiger partial charge < -0.3 is 5.32 Å². The van der Waals surface area contributed by atoms with Gasteiger partial charge in [-0.2, -0.15) is 5.10 Å². The molecule has 0 aliphatic heterocycles. The van der Waals surface area contributed by atoms with Crippen LogP contribution in [0.15, 0.2) is 53.6 Å². The molecular weight excluding hydrogens is 266 g/mol. The van der Waals surface area contributed by atoms with E-state index in [-0.39, 0.29) is 0 Å². The Balaban J connectivity index is 1.87. The van der Waals surface area contributed by atoms with Crippen molar-refractivity contribution in [2.24, 2.45) is 5.10 Å². The van der Waals surface area contributed by atoms with E-state index in [1.165, 1.54) is 11.1 Å². The molecule has 2 rings (SSSR count). The second kappa shape index (κ2) is 6.82. The van der Waals surface area contributed by atoms with E-state index in [1.54, 1.807) is 6.21 Å². The molecular formula is C16H17N3S. The second-order valence-electron chi connectivity index (χ2n) is 4.60. The van der Waals surface area contributed by atoms with Crippen LogP contribution in [0.1, 0.15) is 16.7 Å². The van der Waals surface area contributed by atoms with Crippen molar-refractivity contribution >= 4 is 29.2 Å². The Morgan fingerprint density at radius 3 is 2.50 bits per heavy atom. The monoisotopic (exact) mass is 283 g/mol. The van der Waals surface area contributed by atoms with Gasteiger partial charge in [0.2, 0.25) is 0 Å². The van der Waals surface area contributed by atoms with Crippen molar-refractivity contribution in [1.29, 1.82) is 0 Å². The maximum absolute atomic E-state index is 5.18. The number of rotatable bonds is 3. The summed E-state index contributed by atoms with van der Waals surface area (Å²) in [6, 6.07) is 16.1. The molecule has 0 unspecified atom stereocenters. The van der Waals surface area contributed by atoms with Gasteiger partial charge in [-0.3, -0.25) is 5.43 Å². The summed E-state index contributed by atoms with van der Waals surface area (Å²) < 4.78 is 0. The molecule has 0 fully saturated rings. The van der Waals surface area contributed by atoms with E-state index in [0.717, 1.165) is 11.3 Å². The molecule has 0 radical (unpaired) electrons. The summed E-state index contributed by atoms with van der Waals surface area (Å²) >= 11 is 5.18. The molecule has 2 aromatic rings. The number of hydrazone groups is 1. The van der Waals surface area contributed by atoms with Crippen LogP contribution in [0, 0.1) is 13.8 Å². The van der Waals surface area contributed by atoms with Crippen molar-refractivity contribution in [2.45, 2.75) is 13.8 Å². The van der Waals surface area contributed by atoms with Crippen molar-refractivity contribution < 1.29 is 0 Å². The van der Waals surface area contributed by atoms with Gasteiger partial charge in [0.25, 0.3) is 0 Å². The fraction of sp³-hybridized carbons (Fsp3) is 0.125.